The van der Waals surface area contributed by atoms with Gasteiger partial charge in [-0.15, -0.1) is 0 Å². The Hall–Kier alpha value is -5.79. The maximum absolute atomic E-state index is 13.6. The van der Waals surface area contributed by atoms with Crippen LogP contribution in [0.2, 0.25) is 0 Å². The zero-order chi connectivity index (χ0) is 37.5. The lowest BCUT2D eigenvalue weighted by Crippen LogP contribution is -2.53. The minimum Gasteiger partial charge on any atom is -0.493 e. The van der Waals surface area contributed by atoms with Crippen LogP contribution in [-0.4, -0.2) is 90.3 Å². The van der Waals surface area contributed by atoms with Gasteiger partial charge in [0.2, 0.25) is 17.7 Å². The number of benzene rings is 2. The molecule has 0 saturated heterocycles. The Bertz CT molecular complexity index is 1830. The molecule has 3 aliphatic heterocycles. The lowest BCUT2D eigenvalue weighted by Gasteiger charge is -2.24. The number of nitrogens with zero attached hydrogens (tertiary/aromatic N) is 3. The average Bonchev–Trinajstić information content (AvgIpc) is 3.67. The number of hydrogen-bond donors (Lipinski definition) is 3. The fourth-order valence-corrected chi connectivity index (χ4v) is 6.20. The maximum Gasteiger partial charge on any atom is 0.260 e. The first-order chi connectivity index (χ1) is 24.9. The lowest BCUT2D eigenvalue weighted by atomic mass is 10.0. The van der Waals surface area contributed by atoms with E-state index in [2.05, 4.69) is 20.9 Å². The van der Waals surface area contributed by atoms with E-state index in [-0.39, 0.29) is 42.0 Å². The molecule has 0 aliphatic carbocycles. The second kappa shape index (κ2) is 16.5. The van der Waals surface area contributed by atoms with Gasteiger partial charge < -0.3 is 30.3 Å². The van der Waals surface area contributed by atoms with Gasteiger partial charge in [0.1, 0.15) is 12.1 Å². The molecule has 3 aliphatic rings. The summed E-state index contributed by atoms with van der Waals surface area (Å²) in [5.41, 5.74) is 3.10. The quantitative estimate of drug-likeness (QED) is 0.185. The Labute approximate surface area is 302 Å². The number of aliphatic imine (C=N–C) groups is 1. The normalized spacial score (nSPS) is 17.3. The largest absolute Gasteiger partial charge is 0.493 e. The summed E-state index contributed by atoms with van der Waals surface area (Å²) in [5.74, 6) is -1.44. The van der Waals surface area contributed by atoms with Crippen molar-refractivity contribution in [3.63, 3.8) is 0 Å². The fourth-order valence-electron chi connectivity index (χ4n) is 6.20. The van der Waals surface area contributed by atoms with E-state index in [1.54, 1.807) is 62.4 Å². The van der Waals surface area contributed by atoms with E-state index in [9.17, 15) is 28.8 Å². The van der Waals surface area contributed by atoms with Crippen LogP contribution in [0.25, 0.3) is 5.57 Å². The highest BCUT2D eigenvalue weighted by Crippen LogP contribution is 2.39. The monoisotopic (exact) mass is 712 g/mol. The molecule has 52 heavy (non-hydrogen) atoms. The Morgan fingerprint density at radius 3 is 2.31 bits per heavy atom. The topological polar surface area (TPSA) is 176 Å². The predicted molar refractivity (Wildman–Crippen MR) is 194 cm³/mol. The number of imide groups is 1. The number of carbonyl (C=O) groups is 6. The summed E-state index contributed by atoms with van der Waals surface area (Å²) in [6, 6.07) is 8.49. The molecular weight excluding hydrogens is 668 g/mol. The van der Waals surface area contributed by atoms with E-state index >= 15 is 0 Å². The second-order valence-electron chi connectivity index (χ2n) is 13.2. The first kappa shape index (κ1) is 37.5. The zero-order valence-corrected chi connectivity index (χ0v) is 29.9. The number of nitrogens with one attached hydrogen (secondary N) is 3. The second-order valence-corrected chi connectivity index (χ2v) is 13.2. The smallest absolute Gasteiger partial charge is 0.260 e. The summed E-state index contributed by atoms with van der Waals surface area (Å²) in [6.07, 6.45) is 8.44. The van der Waals surface area contributed by atoms with Crippen LogP contribution >= 0.6 is 0 Å². The molecule has 6 amide bonds. The molecule has 2 aromatic carbocycles. The molecular formula is C38H44N6O8. The molecule has 0 aromatic heterocycles. The van der Waals surface area contributed by atoms with Crippen LogP contribution in [0.4, 0.5) is 11.4 Å². The Morgan fingerprint density at radius 1 is 0.904 bits per heavy atom. The van der Waals surface area contributed by atoms with Gasteiger partial charge in [-0.2, -0.15) is 0 Å². The molecule has 0 fully saturated rings. The number of amides is 6. The molecule has 0 unspecified atom stereocenters. The third kappa shape index (κ3) is 8.56. The molecule has 3 atom stereocenters. The zero-order valence-electron chi connectivity index (χ0n) is 29.9. The first-order valence-corrected chi connectivity index (χ1v) is 17.3. The number of ether oxygens (including phenoxy) is 2. The molecule has 0 radical (unpaired) electrons. The minimum absolute atomic E-state index is 0.177. The molecule has 0 spiro atoms. The number of anilines is 1. The SMILES string of the molecule is COc1cc2c(cc1OC)C(=O)N1C=C(c3cccc(NC(=O)[C@H](C)NC(=O)[C@@H](NC(=O)CCCCCN4C(=O)C=CC4=O)C(C)C)c3)C[C@H]1C=N2. The molecule has 14 heteroatoms. The Morgan fingerprint density at radius 2 is 1.62 bits per heavy atom. The highest BCUT2D eigenvalue weighted by molar-refractivity contribution is 6.12. The van der Waals surface area contributed by atoms with E-state index in [1.165, 1.54) is 31.3 Å². The Kier molecular flexibility index (Phi) is 11.9. The van der Waals surface area contributed by atoms with Crippen molar-refractivity contribution in [3.8, 4) is 11.5 Å². The summed E-state index contributed by atoms with van der Waals surface area (Å²) in [6.45, 7) is 5.47. The molecule has 3 heterocycles. The summed E-state index contributed by atoms with van der Waals surface area (Å²) in [7, 11) is 3.03. The van der Waals surface area contributed by atoms with Crippen molar-refractivity contribution in [2.75, 3.05) is 26.1 Å². The van der Waals surface area contributed by atoms with Crippen LogP contribution in [0.5, 0.6) is 11.5 Å². The number of carbonyl (C=O) groups excluding carboxylic acids is 6. The van der Waals surface area contributed by atoms with Gasteiger partial charge in [-0.3, -0.25) is 38.7 Å². The third-order valence-corrected chi connectivity index (χ3v) is 9.14. The van der Waals surface area contributed by atoms with Crippen molar-refractivity contribution < 1.29 is 38.2 Å². The number of unbranched alkanes of at least 4 members (excludes halogenated alkanes) is 2. The van der Waals surface area contributed by atoms with Gasteiger partial charge in [0.05, 0.1) is 31.5 Å². The summed E-state index contributed by atoms with van der Waals surface area (Å²) < 4.78 is 10.8. The highest BCUT2D eigenvalue weighted by atomic mass is 16.5. The number of hydrogen-bond acceptors (Lipinski definition) is 9. The lowest BCUT2D eigenvalue weighted by molar-refractivity contribution is -0.137. The summed E-state index contributed by atoms with van der Waals surface area (Å²) >= 11 is 0. The van der Waals surface area contributed by atoms with E-state index in [0.29, 0.717) is 60.7 Å². The fraction of sp³-hybridized carbons (Fsp3) is 0.395. The van der Waals surface area contributed by atoms with Crippen molar-refractivity contribution in [2.45, 2.75) is 71.0 Å². The summed E-state index contributed by atoms with van der Waals surface area (Å²) in [5, 5.41) is 8.34. The van der Waals surface area contributed by atoms with Crippen LogP contribution in [0.15, 0.2) is 59.7 Å². The highest BCUT2D eigenvalue weighted by Gasteiger charge is 2.34. The molecule has 0 bridgehead atoms. The van der Waals surface area contributed by atoms with Crippen LogP contribution in [0.3, 0.4) is 0 Å². The number of fused-ring (bicyclic) bond motifs is 2. The van der Waals surface area contributed by atoms with Gasteiger partial charge in [0.25, 0.3) is 17.7 Å². The van der Waals surface area contributed by atoms with Crippen LogP contribution in [0.1, 0.15) is 68.8 Å². The minimum atomic E-state index is -0.909. The van der Waals surface area contributed by atoms with Gasteiger partial charge in [0.15, 0.2) is 11.5 Å². The van der Waals surface area contributed by atoms with Crippen LogP contribution in [-0.2, 0) is 24.0 Å². The maximum atomic E-state index is 13.6. The molecule has 0 saturated carbocycles. The standard InChI is InChI=1S/C38H44N6O8/c1-22(2)35(42-32(45)12-7-6-8-15-43-33(46)13-14-34(43)47)37(49)40-23(3)36(48)41-26-11-9-10-24(16-26)25-17-27-20-39-29-19-31(52-5)30(51-4)18-28(29)38(50)44(27)21-25/h9-11,13-14,16,18-23,27,35H,6-8,12,15,17H2,1-5H3,(H,40,49)(H,41,48)(H,42,45)/t23-,27-,35-/m0/s1. The van der Waals surface area contributed by atoms with E-state index in [4.69, 9.17) is 9.47 Å². The van der Waals surface area contributed by atoms with Crippen molar-refractivity contribution in [2.24, 2.45) is 10.9 Å². The molecule has 14 nitrogen and oxygen atoms in total. The van der Waals surface area contributed by atoms with E-state index in [1.807, 2.05) is 12.1 Å². The van der Waals surface area contributed by atoms with Gasteiger partial charge in [-0.05, 0) is 55.0 Å². The van der Waals surface area contributed by atoms with E-state index < -0.39 is 23.9 Å². The molecule has 5 rings (SSSR count). The van der Waals surface area contributed by atoms with Gasteiger partial charge in [-0.25, -0.2) is 0 Å². The first-order valence-electron chi connectivity index (χ1n) is 17.3. The molecule has 2 aromatic rings. The number of rotatable bonds is 15. The average molecular weight is 713 g/mol. The Balaban J connectivity index is 1.13. The van der Waals surface area contributed by atoms with Crippen molar-refractivity contribution in [1.29, 1.82) is 0 Å². The van der Waals surface area contributed by atoms with E-state index in [0.717, 1.165) is 11.1 Å². The van der Waals surface area contributed by atoms with Crippen molar-refractivity contribution >= 4 is 58.6 Å². The molecule has 274 valence electrons. The molecule has 3 N–H and O–H groups in total. The van der Waals surface area contributed by atoms with Crippen LogP contribution < -0.4 is 25.4 Å². The predicted octanol–water partition coefficient (Wildman–Crippen LogP) is 3.74. The third-order valence-electron chi connectivity index (χ3n) is 9.14. The van der Waals surface area contributed by atoms with Gasteiger partial charge >= 0.3 is 0 Å². The van der Waals surface area contributed by atoms with Crippen LogP contribution in [0, 0.1) is 5.92 Å². The van der Waals surface area contributed by atoms with Crippen molar-refractivity contribution in [1.82, 2.24) is 20.4 Å². The van der Waals surface area contributed by atoms with Crippen molar-refractivity contribution in [3.05, 3.63) is 65.9 Å². The summed E-state index contributed by atoms with van der Waals surface area (Å²) in [4.78, 5) is 83.3. The van der Waals surface area contributed by atoms with Gasteiger partial charge in [-0.1, -0.05) is 32.4 Å². The number of methoxy groups -OCH3 is 2. The van der Waals surface area contributed by atoms with Gasteiger partial charge in [0, 0.05) is 55.7 Å².